The Labute approximate surface area is 202 Å². The average Bonchev–Trinajstić information content (AvgIpc) is 3.30. The number of halogens is 1. The number of carbonyl (C=O) groups is 1. The van der Waals surface area contributed by atoms with Crippen molar-refractivity contribution in [2.45, 2.75) is 24.7 Å². The Balaban J connectivity index is 1.41. The summed E-state index contributed by atoms with van der Waals surface area (Å²) in [5.41, 5.74) is 1.97. The van der Waals surface area contributed by atoms with Crippen LogP contribution in [-0.4, -0.2) is 24.5 Å². The molecule has 0 unspecified atom stereocenters. The lowest BCUT2D eigenvalue weighted by atomic mass is 10.2. The van der Waals surface area contributed by atoms with E-state index in [2.05, 4.69) is 20.2 Å². The van der Waals surface area contributed by atoms with Gasteiger partial charge in [0.05, 0.1) is 15.6 Å². The molecule has 4 rings (SSSR count). The molecule has 0 saturated heterocycles. The van der Waals surface area contributed by atoms with Gasteiger partial charge in [0.15, 0.2) is 0 Å². The number of para-hydroxylation sites is 1. The second kappa shape index (κ2) is 10.1. The molecule has 0 fully saturated rings. The van der Waals surface area contributed by atoms with Gasteiger partial charge in [0.25, 0.3) is 10.0 Å². The van der Waals surface area contributed by atoms with Crippen molar-refractivity contribution in [3.63, 3.8) is 0 Å². The van der Waals surface area contributed by atoms with E-state index in [9.17, 15) is 13.2 Å². The van der Waals surface area contributed by atoms with Crippen molar-refractivity contribution in [1.82, 2.24) is 10.1 Å². The summed E-state index contributed by atoms with van der Waals surface area (Å²) in [5, 5.41) is 6.94. The summed E-state index contributed by atoms with van der Waals surface area (Å²) in [4.78, 5) is 16.8. The van der Waals surface area contributed by atoms with Gasteiger partial charge in [0.2, 0.25) is 17.6 Å². The monoisotopic (exact) mass is 496 g/mol. The molecule has 0 radical (unpaired) electrons. The van der Waals surface area contributed by atoms with Gasteiger partial charge in [-0.25, -0.2) is 8.42 Å². The van der Waals surface area contributed by atoms with E-state index in [1.165, 1.54) is 6.07 Å². The number of aromatic nitrogens is 2. The molecule has 0 aliphatic heterocycles. The van der Waals surface area contributed by atoms with E-state index in [-0.39, 0.29) is 34.4 Å². The van der Waals surface area contributed by atoms with Gasteiger partial charge in [-0.15, -0.1) is 0 Å². The topological polar surface area (TPSA) is 114 Å². The summed E-state index contributed by atoms with van der Waals surface area (Å²) in [5.74, 6) is 0.478. The summed E-state index contributed by atoms with van der Waals surface area (Å²) in [6.07, 6.45) is 0.334. The number of sulfonamides is 1. The van der Waals surface area contributed by atoms with Crippen LogP contribution in [0.4, 0.5) is 11.4 Å². The molecule has 2 N–H and O–H groups in total. The number of anilines is 2. The third kappa shape index (κ3) is 5.62. The Hall–Kier alpha value is -3.69. The van der Waals surface area contributed by atoms with Crippen LogP contribution in [0.5, 0.6) is 0 Å². The molecule has 3 aromatic carbocycles. The highest BCUT2D eigenvalue weighted by Crippen LogP contribution is 2.27. The Kier molecular flexibility index (Phi) is 6.95. The van der Waals surface area contributed by atoms with E-state index in [0.29, 0.717) is 23.0 Å². The zero-order chi connectivity index (χ0) is 24.1. The maximum absolute atomic E-state index is 12.9. The third-order valence-electron chi connectivity index (χ3n) is 4.95. The number of carbonyl (C=O) groups excluding carboxylic acids is 1. The number of hydrogen-bond donors (Lipinski definition) is 2. The van der Waals surface area contributed by atoms with E-state index in [0.717, 1.165) is 5.56 Å². The maximum Gasteiger partial charge on any atom is 0.262 e. The highest BCUT2D eigenvalue weighted by Gasteiger charge is 2.19. The van der Waals surface area contributed by atoms with E-state index >= 15 is 0 Å². The quantitative estimate of drug-likeness (QED) is 0.352. The summed E-state index contributed by atoms with van der Waals surface area (Å²) in [6.45, 7) is 1.67. The van der Waals surface area contributed by atoms with Crippen molar-refractivity contribution in [1.29, 1.82) is 0 Å². The first-order valence-electron chi connectivity index (χ1n) is 10.4. The fourth-order valence-electron chi connectivity index (χ4n) is 3.22. The Morgan fingerprint density at radius 3 is 2.53 bits per heavy atom. The highest BCUT2D eigenvalue weighted by atomic mass is 35.5. The van der Waals surface area contributed by atoms with Gasteiger partial charge in [0, 0.05) is 24.1 Å². The molecule has 1 amide bonds. The third-order valence-corrected chi connectivity index (χ3v) is 6.78. The molecule has 0 spiro atoms. The number of amides is 1. The van der Waals surface area contributed by atoms with E-state index in [4.69, 9.17) is 16.1 Å². The Morgan fingerprint density at radius 2 is 1.76 bits per heavy atom. The normalized spacial score (nSPS) is 11.2. The Bertz CT molecular complexity index is 1420. The van der Waals surface area contributed by atoms with Crippen LogP contribution in [0.2, 0.25) is 5.02 Å². The van der Waals surface area contributed by atoms with Gasteiger partial charge in [-0.1, -0.05) is 65.3 Å². The Morgan fingerprint density at radius 1 is 1.03 bits per heavy atom. The molecule has 174 valence electrons. The molecule has 0 saturated carbocycles. The van der Waals surface area contributed by atoms with Gasteiger partial charge in [-0.2, -0.15) is 4.98 Å². The van der Waals surface area contributed by atoms with Crippen molar-refractivity contribution in [3.8, 4) is 11.4 Å². The van der Waals surface area contributed by atoms with Gasteiger partial charge in [-0.3, -0.25) is 9.52 Å². The van der Waals surface area contributed by atoms with E-state index in [1.807, 2.05) is 30.3 Å². The number of nitrogens with one attached hydrogen (secondary N) is 2. The van der Waals surface area contributed by atoms with Crippen molar-refractivity contribution < 1.29 is 17.7 Å². The fraction of sp³-hybridized carbons (Fsp3) is 0.125. The van der Waals surface area contributed by atoms with Crippen molar-refractivity contribution in [2.24, 2.45) is 0 Å². The lowest BCUT2D eigenvalue weighted by Gasteiger charge is -2.13. The first-order chi connectivity index (χ1) is 16.3. The number of benzene rings is 3. The first kappa shape index (κ1) is 23.5. The van der Waals surface area contributed by atoms with Crippen LogP contribution < -0.4 is 10.0 Å². The minimum Gasteiger partial charge on any atom is -0.339 e. The predicted molar refractivity (Wildman–Crippen MR) is 130 cm³/mol. The van der Waals surface area contributed by atoms with Crippen molar-refractivity contribution in [2.75, 3.05) is 10.0 Å². The highest BCUT2D eigenvalue weighted by molar-refractivity contribution is 7.92. The van der Waals surface area contributed by atoms with Crippen LogP contribution in [0, 0.1) is 6.92 Å². The molecule has 0 aliphatic carbocycles. The standard InChI is InChI=1S/C24H21ClN4O4S/c1-16-11-12-18(15-21(16)34(31,32)29-20-10-6-5-9-19(20)25)26-22(30)13-14-23-27-24(28-33-23)17-7-3-2-4-8-17/h2-12,15,29H,13-14H2,1H3,(H,26,30). The smallest absolute Gasteiger partial charge is 0.262 e. The number of hydrogen-bond acceptors (Lipinski definition) is 6. The number of rotatable bonds is 8. The molecule has 1 aromatic heterocycles. The van der Waals surface area contributed by atoms with Crippen LogP contribution in [0.15, 0.2) is 82.2 Å². The molecule has 0 aliphatic rings. The molecular weight excluding hydrogens is 476 g/mol. The van der Waals surface area contributed by atoms with Crippen molar-refractivity contribution in [3.05, 3.63) is 89.3 Å². The van der Waals surface area contributed by atoms with Gasteiger partial charge in [0.1, 0.15) is 0 Å². The largest absolute Gasteiger partial charge is 0.339 e. The second-order valence-electron chi connectivity index (χ2n) is 7.49. The van der Waals surface area contributed by atoms with Crippen LogP contribution >= 0.6 is 11.6 Å². The predicted octanol–water partition coefficient (Wildman–Crippen LogP) is 5.07. The van der Waals surface area contributed by atoms with Crippen LogP contribution in [0.25, 0.3) is 11.4 Å². The minimum absolute atomic E-state index is 0.0367. The van der Waals surface area contributed by atoms with Gasteiger partial charge in [-0.05, 0) is 36.8 Å². The molecule has 10 heteroatoms. The second-order valence-corrected chi connectivity index (χ2v) is 9.55. The molecule has 0 bridgehead atoms. The molecule has 1 heterocycles. The average molecular weight is 497 g/mol. The minimum atomic E-state index is -3.92. The molecule has 0 atom stereocenters. The summed E-state index contributed by atoms with van der Waals surface area (Å²) in [6, 6.07) is 20.6. The van der Waals surface area contributed by atoms with Crippen molar-refractivity contribution >= 4 is 38.9 Å². The first-order valence-corrected chi connectivity index (χ1v) is 12.2. The summed E-state index contributed by atoms with van der Waals surface area (Å²) < 4.78 is 33.6. The molecular formula is C24H21ClN4O4S. The molecule has 34 heavy (non-hydrogen) atoms. The lowest BCUT2D eigenvalue weighted by molar-refractivity contribution is -0.116. The molecule has 8 nitrogen and oxygen atoms in total. The SMILES string of the molecule is Cc1ccc(NC(=O)CCc2nc(-c3ccccc3)no2)cc1S(=O)(=O)Nc1ccccc1Cl. The fourth-order valence-corrected chi connectivity index (χ4v) is 4.81. The van der Waals surface area contributed by atoms with Crippen LogP contribution in [0.1, 0.15) is 17.9 Å². The van der Waals surface area contributed by atoms with Gasteiger partial charge < -0.3 is 9.84 Å². The van der Waals surface area contributed by atoms with Crippen LogP contribution in [-0.2, 0) is 21.2 Å². The molecule has 4 aromatic rings. The summed E-state index contributed by atoms with van der Waals surface area (Å²) >= 11 is 6.08. The number of nitrogens with zero attached hydrogens (tertiary/aromatic N) is 2. The lowest BCUT2D eigenvalue weighted by Crippen LogP contribution is -2.16. The van der Waals surface area contributed by atoms with Gasteiger partial charge >= 0.3 is 0 Å². The number of aryl methyl sites for hydroxylation is 2. The maximum atomic E-state index is 12.9. The zero-order valence-corrected chi connectivity index (χ0v) is 19.7. The van der Waals surface area contributed by atoms with E-state index in [1.54, 1.807) is 43.3 Å². The van der Waals surface area contributed by atoms with Crippen LogP contribution in [0.3, 0.4) is 0 Å². The zero-order valence-electron chi connectivity index (χ0n) is 18.2. The van der Waals surface area contributed by atoms with E-state index < -0.39 is 10.0 Å². The summed E-state index contributed by atoms with van der Waals surface area (Å²) in [7, 11) is -3.92.